The molecular formula is C15H18ClN3OS. The van der Waals surface area contributed by atoms with Crippen molar-refractivity contribution in [2.75, 3.05) is 13.2 Å². The molecule has 0 bridgehead atoms. The van der Waals surface area contributed by atoms with Gasteiger partial charge < -0.3 is 5.11 Å². The number of halogens is 1. The normalized spacial score (nSPS) is 17.4. The molecule has 21 heavy (non-hydrogen) atoms. The monoisotopic (exact) mass is 323 g/mol. The Morgan fingerprint density at radius 3 is 3.00 bits per heavy atom. The van der Waals surface area contributed by atoms with E-state index in [1.807, 2.05) is 0 Å². The molecule has 0 amide bonds. The van der Waals surface area contributed by atoms with Gasteiger partial charge in [-0.1, -0.05) is 40.4 Å². The van der Waals surface area contributed by atoms with Gasteiger partial charge in [-0.3, -0.25) is 4.90 Å². The minimum Gasteiger partial charge on any atom is -0.396 e. The van der Waals surface area contributed by atoms with Gasteiger partial charge in [0, 0.05) is 37.3 Å². The van der Waals surface area contributed by atoms with Crippen molar-refractivity contribution in [3.63, 3.8) is 0 Å². The fourth-order valence-corrected chi connectivity index (χ4v) is 3.63. The lowest BCUT2D eigenvalue weighted by Crippen LogP contribution is -2.29. The summed E-state index contributed by atoms with van der Waals surface area (Å²) in [5.41, 5.74) is 3.66. The van der Waals surface area contributed by atoms with Crippen LogP contribution < -0.4 is 0 Å². The van der Waals surface area contributed by atoms with Crippen LogP contribution in [0, 0.1) is 0 Å². The molecular weight excluding hydrogens is 306 g/mol. The average Bonchev–Trinajstić information content (AvgIpc) is 3.10. The van der Waals surface area contributed by atoms with Crippen molar-refractivity contribution in [3.05, 3.63) is 45.4 Å². The minimum atomic E-state index is 0.202. The predicted octanol–water partition coefficient (Wildman–Crippen LogP) is 3.06. The maximum atomic E-state index is 9.16. The lowest BCUT2D eigenvalue weighted by molar-refractivity contribution is 0.164. The summed E-state index contributed by atoms with van der Waals surface area (Å²) >= 11 is 7.37. The van der Waals surface area contributed by atoms with Gasteiger partial charge in [0.05, 0.1) is 0 Å². The van der Waals surface area contributed by atoms with E-state index in [4.69, 9.17) is 16.7 Å². The second-order valence-electron chi connectivity index (χ2n) is 5.29. The van der Waals surface area contributed by atoms with Gasteiger partial charge in [-0.05, 0) is 30.4 Å². The molecule has 0 spiro atoms. The first-order valence-electron chi connectivity index (χ1n) is 7.19. The van der Waals surface area contributed by atoms with Crippen molar-refractivity contribution < 1.29 is 5.11 Å². The summed E-state index contributed by atoms with van der Waals surface area (Å²) in [6.07, 6.45) is 2.98. The number of nitrogens with zero attached hydrogens (tertiary/aromatic N) is 3. The highest BCUT2D eigenvalue weighted by atomic mass is 35.5. The zero-order valence-corrected chi connectivity index (χ0v) is 13.3. The van der Waals surface area contributed by atoms with Crippen LogP contribution in [0.4, 0.5) is 0 Å². The molecule has 1 unspecified atom stereocenters. The van der Waals surface area contributed by atoms with Crippen LogP contribution in [-0.4, -0.2) is 32.7 Å². The van der Waals surface area contributed by atoms with E-state index in [0.717, 1.165) is 31.5 Å². The number of fused-ring (bicyclic) bond motifs is 1. The zero-order valence-electron chi connectivity index (χ0n) is 11.7. The van der Waals surface area contributed by atoms with Gasteiger partial charge >= 0.3 is 0 Å². The molecule has 0 saturated heterocycles. The van der Waals surface area contributed by atoms with Crippen LogP contribution in [0.3, 0.4) is 0 Å². The number of aryl methyl sites for hydroxylation is 1. The van der Waals surface area contributed by atoms with Crippen molar-refractivity contribution in [1.82, 2.24) is 14.5 Å². The minimum absolute atomic E-state index is 0.202. The molecule has 112 valence electrons. The van der Waals surface area contributed by atoms with Gasteiger partial charge in [-0.2, -0.15) is 0 Å². The molecule has 1 aliphatic carbocycles. The van der Waals surface area contributed by atoms with E-state index in [1.54, 1.807) is 0 Å². The lowest BCUT2D eigenvalue weighted by Gasteiger charge is -2.28. The third-order valence-electron chi connectivity index (χ3n) is 4.01. The number of hydrogen-bond donors (Lipinski definition) is 1. The molecule has 1 aliphatic rings. The Morgan fingerprint density at radius 1 is 1.38 bits per heavy atom. The first-order valence-corrected chi connectivity index (χ1v) is 8.34. The molecule has 1 aromatic carbocycles. The van der Waals surface area contributed by atoms with Crippen LogP contribution in [0.25, 0.3) is 0 Å². The van der Waals surface area contributed by atoms with Gasteiger partial charge in [-0.15, -0.1) is 5.10 Å². The maximum absolute atomic E-state index is 9.16. The van der Waals surface area contributed by atoms with E-state index < -0.39 is 0 Å². The molecule has 3 rings (SSSR count). The highest BCUT2D eigenvalue weighted by Crippen LogP contribution is 2.36. The third-order valence-corrected chi connectivity index (χ3v) is 4.99. The number of benzene rings is 1. The number of aliphatic hydroxyl groups excluding tert-OH is 1. The zero-order chi connectivity index (χ0) is 14.7. The molecule has 1 aromatic heterocycles. The Morgan fingerprint density at radius 2 is 2.24 bits per heavy atom. The van der Waals surface area contributed by atoms with Crippen LogP contribution in [0.5, 0.6) is 0 Å². The van der Waals surface area contributed by atoms with Crippen molar-refractivity contribution in [1.29, 1.82) is 0 Å². The van der Waals surface area contributed by atoms with Gasteiger partial charge in [0.1, 0.15) is 10.0 Å². The second kappa shape index (κ2) is 6.83. The molecule has 1 heterocycles. The Balaban J connectivity index is 1.81. The van der Waals surface area contributed by atoms with Crippen molar-refractivity contribution in [3.8, 4) is 0 Å². The van der Waals surface area contributed by atoms with E-state index in [9.17, 15) is 0 Å². The fraction of sp³-hybridized carbons (Fsp3) is 0.467. The number of aromatic nitrogens is 2. The topological polar surface area (TPSA) is 49.2 Å². The molecule has 2 aromatic rings. The Labute approximate surface area is 133 Å². The SMILES string of the molecule is OCCCN(Cc1nnsc1Cl)C1CCc2ccccc21. The number of aliphatic hydroxyl groups is 1. The second-order valence-corrected chi connectivity index (χ2v) is 6.65. The summed E-state index contributed by atoms with van der Waals surface area (Å²) in [6, 6.07) is 8.99. The van der Waals surface area contributed by atoms with Gasteiger partial charge in [0.25, 0.3) is 0 Å². The fourth-order valence-electron chi connectivity index (χ4n) is 3.02. The van der Waals surface area contributed by atoms with E-state index in [-0.39, 0.29) is 6.61 Å². The molecule has 1 N–H and O–H groups in total. The summed E-state index contributed by atoms with van der Waals surface area (Å²) in [7, 11) is 0. The van der Waals surface area contributed by atoms with Crippen molar-refractivity contribution in [2.24, 2.45) is 0 Å². The summed E-state index contributed by atoms with van der Waals surface area (Å²) in [5, 5.41) is 13.3. The molecule has 0 saturated carbocycles. The molecule has 0 aliphatic heterocycles. The van der Waals surface area contributed by atoms with Crippen molar-refractivity contribution >= 4 is 23.1 Å². The van der Waals surface area contributed by atoms with Crippen molar-refractivity contribution in [2.45, 2.75) is 31.8 Å². The van der Waals surface area contributed by atoms with E-state index in [2.05, 4.69) is 38.8 Å². The summed E-state index contributed by atoms with van der Waals surface area (Å²) in [4.78, 5) is 2.37. The van der Waals surface area contributed by atoms with E-state index >= 15 is 0 Å². The quantitative estimate of drug-likeness (QED) is 0.887. The van der Waals surface area contributed by atoms with Gasteiger partial charge in [-0.25, -0.2) is 0 Å². The van der Waals surface area contributed by atoms with Gasteiger partial charge in [0.15, 0.2) is 0 Å². The highest BCUT2D eigenvalue weighted by Gasteiger charge is 2.28. The Kier molecular flexibility index (Phi) is 4.85. The molecule has 0 fully saturated rings. The van der Waals surface area contributed by atoms with E-state index in [0.29, 0.717) is 16.9 Å². The average molecular weight is 324 g/mol. The molecule has 0 radical (unpaired) electrons. The van der Waals surface area contributed by atoms with Crippen LogP contribution in [0.15, 0.2) is 24.3 Å². The summed E-state index contributed by atoms with van der Waals surface area (Å²) in [6.45, 7) is 1.73. The van der Waals surface area contributed by atoms with Crippen LogP contribution in [0.1, 0.15) is 35.7 Å². The number of rotatable bonds is 6. The van der Waals surface area contributed by atoms with Gasteiger partial charge in [0.2, 0.25) is 0 Å². The summed E-state index contributed by atoms with van der Waals surface area (Å²) < 4.78 is 4.57. The highest BCUT2D eigenvalue weighted by molar-refractivity contribution is 7.10. The van der Waals surface area contributed by atoms with E-state index in [1.165, 1.54) is 22.7 Å². The van der Waals surface area contributed by atoms with Crippen LogP contribution in [-0.2, 0) is 13.0 Å². The Bertz CT molecular complexity index is 604. The molecule has 4 nitrogen and oxygen atoms in total. The molecule has 6 heteroatoms. The predicted molar refractivity (Wildman–Crippen MR) is 84.5 cm³/mol. The number of hydrogen-bond acceptors (Lipinski definition) is 5. The summed E-state index contributed by atoms with van der Waals surface area (Å²) in [5.74, 6) is 0. The maximum Gasteiger partial charge on any atom is 0.138 e. The third kappa shape index (κ3) is 3.26. The largest absolute Gasteiger partial charge is 0.396 e. The first-order chi connectivity index (χ1) is 10.3. The smallest absolute Gasteiger partial charge is 0.138 e. The van der Waals surface area contributed by atoms with Crippen LogP contribution in [0.2, 0.25) is 4.34 Å². The first kappa shape index (κ1) is 14.9. The Hall–Kier alpha value is -1.01. The standard InChI is InChI=1S/C15H18ClN3OS/c16-15-13(17-18-21-15)10-19(8-3-9-20)14-7-6-11-4-1-2-5-12(11)14/h1-2,4-5,14,20H,3,6-10H2. The van der Waals surface area contributed by atoms with Crippen LogP contribution >= 0.6 is 23.1 Å². The molecule has 1 atom stereocenters. The lowest BCUT2D eigenvalue weighted by atomic mass is 10.1.